The first kappa shape index (κ1) is 16.7. The summed E-state index contributed by atoms with van der Waals surface area (Å²) in [6, 6.07) is 11.7. The van der Waals surface area contributed by atoms with Gasteiger partial charge in [-0.2, -0.15) is 5.10 Å². The van der Waals surface area contributed by atoms with Crippen LogP contribution in [0.1, 0.15) is 35.0 Å². The number of piperidine rings is 1. The summed E-state index contributed by atoms with van der Waals surface area (Å²) in [4.78, 5) is 23.8. The van der Waals surface area contributed by atoms with E-state index in [1.807, 2.05) is 59.8 Å². The first-order chi connectivity index (χ1) is 12.6. The zero-order valence-electron chi connectivity index (χ0n) is 15.2. The van der Waals surface area contributed by atoms with E-state index in [9.17, 15) is 4.79 Å². The number of carbonyl (C=O) groups excluding carboxylic acids is 1. The number of hydrogen-bond acceptors (Lipinski definition) is 4. The monoisotopic (exact) mass is 349 g/mol. The second kappa shape index (κ2) is 6.86. The molecular formula is C20H23N5O. The Bertz CT molecular complexity index is 948. The van der Waals surface area contributed by atoms with Gasteiger partial charge in [0.2, 0.25) is 0 Å². The highest BCUT2D eigenvalue weighted by Gasteiger charge is 2.26. The number of likely N-dealkylation sites (tertiary alicyclic amines) is 1. The van der Waals surface area contributed by atoms with Crippen molar-refractivity contribution in [3.05, 3.63) is 53.7 Å². The van der Waals surface area contributed by atoms with E-state index in [1.165, 1.54) is 0 Å². The minimum Gasteiger partial charge on any atom is -0.337 e. The summed E-state index contributed by atoms with van der Waals surface area (Å²) in [6.07, 6.45) is 2.12. The Morgan fingerprint density at radius 2 is 2.00 bits per heavy atom. The molecule has 6 heteroatoms. The molecule has 1 atom stereocenters. The standard InChI is InChI=1S/C20H23N5O/c1-14-21-15(2)25(23-14)13-16-6-5-11-24(12-16)20(26)19-10-9-17-7-3-4-8-18(17)22-19/h3-4,7-10,16H,5-6,11-13H2,1-2H3. The Labute approximate surface area is 152 Å². The third kappa shape index (κ3) is 3.31. The maximum Gasteiger partial charge on any atom is 0.272 e. The van der Waals surface area contributed by atoms with Gasteiger partial charge >= 0.3 is 0 Å². The fourth-order valence-electron chi connectivity index (χ4n) is 3.72. The minimum absolute atomic E-state index is 0.0203. The quantitative estimate of drug-likeness (QED) is 0.729. The predicted octanol–water partition coefficient (Wildman–Crippen LogP) is 3.00. The number of nitrogens with zero attached hydrogens (tertiary/aromatic N) is 5. The molecule has 4 rings (SSSR count). The predicted molar refractivity (Wildman–Crippen MR) is 99.9 cm³/mol. The highest BCUT2D eigenvalue weighted by atomic mass is 16.2. The van der Waals surface area contributed by atoms with Crippen LogP contribution in [-0.2, 0) is 6.54 Å². The average molecular weight is 349 g/mol. The molecule has 1 fully saturated rings. The van der Waals surface area contributed by atoms with E-state index in [0.29, 0.717) is 11.6 Å². The molecule has 0 aliphatic carbocycles. The van der Waals surface area contributed by atoms with Crippen molar-refractivity contribution < 1.29 is 4.79 Å². The van der Waals surface area contributed by atoms with Crippen molar-refractivity contribution in [3.8, 4) is 0 Å². The van der Waals surface area contributed by atoms with Gasteiger partial charge in [-0.15, -0.1) is 0 Å². The lowest BCUT2D eigenvalue weighted by molar-refractivity contribution is 0.0653. The molecule has 1 aromatic carbocycles. The van der Waals surface area contributed by atoms with Crippen LogP contribution < -0.4 is 0 Å². The van der Waals surface area contributed by atoms with Crippen molar-refractivity contribution in [1.29, 1.82) is 0 Å². The van der Waals surface area contributed by atoms with Crippen molar-refractivity contribution in [1.82, 2.24) is 24.6 Å². The van der Waals surface area contributed by atoms with Gasteiger partial charge in [-0.3, -0.25) is 4.79 Å². The number of pyridine rings is 1. The summed E-state index contributed by atoms with van der Waals surface area (Å²) in [5.74, 6) is 2.15. The third-order valence-electron chi connectivity index (χ3n) is 5.02. The van der Waals surface area contributed by atoms with E-state index in [0.717, 1.165) is 55.0 Å². The smallest absolute Gasteiger partial charge is 0.272 e. The molecule has 1 aliphatic heterocycles. The van der Waals surface area contributed by atoms with Crippen LogP contribution >= 0.6 is 0 Å². The van der Waals surface area contributed by atoms with Crippen LogP contribution in [0.2, 0.25) is 0 Å². The molecule has 1 amide bonds. The summed E-state index contributed by atoms with van der Waals surface area (Å²) in [5.41, 5.74) is 1.39. The van der Waals surface area contributed by atoms with Crippen LogP contribution in [0.25, 0.3) is 10.9 Å². The number of rotatable bonds is 3. The number of aromatic nitrogens is 4. The lowest BCUT2D eigenvalue weighted by atomic mass is 9.97. The molecule has 6 nitrogen and oxygen atoms in total. The number of fused-ring (bicyclic) bond motifs is 1. The minimum atomic E-state index is 0.0203. The summed E-state index contributed by atoms with van der Waals surface area (Å²) < 4.78 is 1.96. The van der Waals surface area contributed by atoms with Gasteiger partial charge in [0.15, 0.2) is 0 Å². The molecule has 2 aromatic heterocycles. The van der Waals surface area contributed by atoms with E-state index in [2.05, 4.69) is 15.1 Å². The Morgan fingerprint density at radius 3 is 2.81 bits per heavy atom. The molecule has 0 bridgehead atoms. The summed E-state index contributed by atoms with van der Waals surface area (Å²) >= 11 is 0. The van der Waals surface area contributed by atoms with Gasteiger partial charge in [0.05, 0.1) is 5.52 Å². The van der Waals surface area contributed by atoms with E-state index >= 15 is 0 Å². The zero-order chi connectivity index (χ0) is 18.1. The molecule has 1 aliphatic rings. The van der Waals surface area contributed by atoms with Crippen molar-refractivity contribution in [2.45, 2.75) is 33.2 Å². The number of para-hydroxylation sites is 1. The topological polar surface area (TPSA) is 63.9 Å². The molecule has 0 N–H and O–H groups in total. The van der Waals surface area contributed by atoms with Gasteiger partial charge < -0.3 is 4.90 Å². The van der Waals surface area contributed by atoms with Gasteiger partial charge in [-0.05, 0) is 44.7 Å². The third-order valence-corrected chi connectivity index (χ3v) is 5.02. The zero-order valence-corrected chi connectivity index (χ0v) is 15.2. The van der Waals surface area contributed by atoms with Crippen molar-refractivity contribution in [2.75, 3.05) is 13.1 Å². The molecule has 3 heterocycles. The van der Waals surface area contributed by atoms with Crippen LogP contribution in [-0.4, -0.2) is 43.6 Å². The SMILES string of the molecule is Cc1nc(C)n(CC2CCCN(C(=O)c3ccc4ccccc4n3)C2)n1. The highest BCUT2D eigenvalue weighted by molar-refractivity contribution is 5.95. The number of hydrogen-bond donors (Lipinski definition) is 0. The van der Waals surface area contributed by atoms with Crippen molar-refractivity contribution in [3.63, 3.8) is 0 Å². The lowest BCUT2D eigenvalue weighted by Crippen LogP contribution is -2.41. The van der Waals surface area contributed by atoms with E-state index in [4.69, 9.17) is 0 Å². The largest absolute Gasteiger partial charge is 0.337 e. The van der Waals surface area contributed by atoms with Gasteiger partial charge in [-0.1, -0.05) is 24.3 Å². The fourth-order valence-corrected chi connectivity index (χ4v) is 3.72. The molecule has 1 saturated heterocycles. The lowest BCUT2D eigenvalue weighted by Gasteiger charge is -2.32. The van der Waals surface area contributed by atoms with E-state index in [1.54, 1.807) is 0 Å². The second-order valence-electron chi connectivity index (χ2n) is 7.04. The number of benzene rings is 1. The van der Waals surface area contributed by atoms with Crippen LogP contribution in [0.5, 0.6) is 0 Å². The molecule has 26 heavy (non-hydrogen) atoms. The van der Waals surface area contributed by atoms with Crippen LogP contribution in [0, 0.1) is 19.8 Å². The number of aryl methyl sites for hydroxylation is 2. The molecule has 0 radical (unpaired) electrons. The molecule has 0 saturated carbocycles. The molecule has 134 valence electrons. The average Bonchev–Trinajstić information content (AvgIpc) is 2.98. The highest BCUT2D eigenvalue weighted by Crippen LogP contribution is 2.21. The molecule has 1 unspecified atom stereocenters. The molecular weight excluding hydrogens is 326 g/mol. The summed E-state index contributed by atoms with van der Waals surface area (Å²) in [7, 11) is 0. The van der Waals surface area contributed by atoms with Crippen LogP contribution in [0.15, 0.2) is 36.4 Å². The fraction of sp³-hybridized carbons (Fsp3) is 0.400. The second-order valence-corrected chi connectivity index (χ2v) is 7.04. The van der Waals surface area contributed by atoms with Gasteiger partial charge in [-0.25, -0.2) is 14.6 Å². The maximum atomic E-state index is 12.9. The summed E-state index contributed by atoms with van der Waals surface area (Å²) in [5, 5.41) is 5.51. The number of carbonyl (C=O) groups is 1. The van der Waals surface area contributed by atoms with Gasteiger partial charge in [0.25, 0.3) is 5.91 Å². The van der Waals surface area contributed by atoms with Crippen LogP contribution in [0.4, 0.5) is 0 Å². The van der Waals surface area contributed by atoms with Crippen LogP contribution in [0.3, 0.4) is 0 Å². The molecule has 0 spiro atoms. The normalized spacial score (nSPS) is 17.6. The Hall–Kier alpha value is -2.76. The van der Waals surface area contributed by atoms with E-state index in [-0.39, 0.29) is 5.91 Å². The van der Waals surface area contributed by atoms with Gasteiger partial charge in [0.1, 0.15) is 17.3 Å². The molecule has 3 aromatic rings. The number of amides is 1. The van der Waals surface area contributed by atoms with Crippen molar-refractivity contribution in [2.24, 2.45) is 5.92 Å². The maximum absolute atomic E-state index is 12.9. The first-order valence-corrected chi connectivity index (χ1v) is 9.13. The first-order valence-electron chi connectivity index (χ1n) is 9.13. The van der Waals surface area contributed by atoms with Gasteiger partial charge in [0, 0.05) is 25.0 Å². The Balaban J connectivity index is 1.49. The Morgan fingerprint density at radius 1 is 1.15 bits per heavy atom. The van der Waals surface area contributed by atoms with Crippen molar-refractivity contribution >= 4 is 16.8 Å². The Kier molecular flexibility index (Phi) is 4.41. The summed E-state index contributed by atoms with van der Waals surface area (Å²) in [6.45, 7) is 6.23. The van der Waals surface area contributed by atoms with E-state index < -0.39 is 0 Å².